The number of hydrogen-bond donors (Lipinski definition) is 1. The second-order valence-electron chi connectivity index (χ2n) is 6.92. The number of aryl methyl sites for hydroxylation is 1. The summed E-state index contributed by atoms with van der Waals surface area (Å²) in [5, 5.41) is 4.90. The lowest BCUT2D eigenvalue weighted by atomic mass is 10.1. The predicted molar refractivity (Wildman–Crippen MR) is 113 cm³/mol. The molecule has 3 aromatic carbocycles. The Morgan fingerprint density at radius 2 is 1.90 bits per heavy atom. The molecule has 0 aliphatic rings. The molecular weight excluding hydrogens is 402 g/mol. The number of hydrogen-bond acceptors (Lipinski definition) is 4. The van der Waals surface area contributed by atoms with E-state index in [0.717, 1.165) is 28.7 Å². The Morgan fingerprint density at radius 3 is 2.77 bits per heavy atom. The molecule has 0 unspecified atom stereocenters. The Bertz CT molecular complexity index is 1200. The van der Waals surface area contributed by atoms with Gasteiger partial charge in [0.05, 0.1) is 18.3 Å². The van der Waals surface area contributed by atoms with Gasteiger partial charge < -0.3 is 14.5 Å². The highest BCUT2D eigenvalue weighted by Crippen LogP contribution is 2.25. The van der Waals surface area contributed by atoms with Crippen molar-refractivity contribution in [3.8, 4) is 17.1 Å². The fraction of sp³-hybridized carbons (Fsp3) is 0.167. The molecule has 1 aromatic heterocycles. The van der Waals surface area contributed by atoms with Crippen LogP contribution in [0.2, 0.25) is 0 Å². The van der Waals surface area contributed by atoms with Crippen LogP contribution in [0.5, 0.6) is 5.75 Å². The first-order valence-corrected chi connectivity index (χ1v) is 9.87. The summed E-state index contributed by atoms with van der Waals surface area (Å²) in [6, 6.07) is 17.0. The number of aromatic nitrogens is 1. The molecule has 1 heterocycles. The summed E-state index contributed by atoms with van der Waals surface area (Å²) in [6.45, 7) is 0.701. The SMILES string of the molecule is O=C(CCc1ncc(-c2ccc(F)cc2F)o1)NCCOc1cccc2ccccc12. The van der Waals surface area contributed by atoms with Crippen molar-refractivity contribution in [2.24, 2.45) is 0 Å². The molecule has 0 saturated carbocycles. The number of carbonyl (C=O) groups excluding carboxylic acids is 1. The number of nitrogens with one attached hydrogen (secondary N) is 1. The maximum atomic E-state index is 13.8. The minimum absolute atomic E-state index is 0.121. The second kappa shape index (κ2) is 9.38. The number of halogens is 2. The van der Waals surface area contributed by atoms with E-state index in [4.69, 9.17) is 9.15 Å². The molecule has 158 valence electrons. The van der Waals surface area contributed by atoms with Gasteiger partial charge in [0.15, 0.2) is 11.7 Å². The molecule has 0 spiro atoms. The van der Waals surface area contributed by atoms with Gasteiger partial charge in [-0.15, -0.1) is 0 Å². The first kappa shape index (κ1) is 20.5. The van der Waals surface area contributed by atoms with E-state index in [1.807, 2.05) is 42.5 Å². The minimum Gasteiger partial charge on any atom is -0.491 e. The van der Waals surface area contributed by atoms with Crippen LogP contribution in [0.15, 0.2) is 71.3 Å². The van der Waals surface area contributed by atoms with Crippen molar-refractivity contribution < 1.29 is 22.7 Å². The molecule has 1 amide bonds. The highest BCUT2D eigenvalue weighted by molar-refractivity contribution is 5.88. The Labute approximate surface area is 177 Å². The lowest BCUT2D eigenvalue weighted by Gasteiger charge is -2.10. The van der Waals surface area contributed by atoms with Gasteiger partial charge in [0.1, 0.15) is 24.0 Å². The lowest BCUT2D eigenvalue weighted by Crippen LogP contribution is -2.28. The topological polar surface area (TPSA) is 64.4 Å². The van der Waals surface area contributed by atoms with E-state index in [9.17, 15) is 13.6 Å². The maximum absolute atomic E-state index is 13.8. The van der Waals surface area contributed by atoms with Crippen LogP contribution in [0.4, 0.5) is 8.78 Å². The summed E-state index contributed by atoms with van der Waals surface area (Å²) in [4.78, 5) is 16.1. The summed E-state index contributed by atoms with van der Waals surface area (Å²) < 4.78 is 38.2. The molecule has 0 saturated heterocycles. The molecule has 0 aliphatic carbocycles. The average molecular weight is 422 g/mol. The van der Waals surface area contributed by atoms with E-state index in [0.29, 0.717) is 19.0 Å². The van der Waals surface area contributed by atoms with Gasteiger partial charge in [0, 0.05) is 24.3 Å². The molecule has 31 heavy (non-hydrogen) atoms. The van der Waals surface area contributed by atoms with Gasteiger partial charge in [0.2, 0.25) is 5.91 Å². The number of oxazole rings is 1. The predicted octanol–water partition coefficient (Wildman–Crippen LogP) is 4.90. The summed E-state index contributed by atoms with van der Waals surface area (Å²) >= 11 is 0. The van der Waals surface area contributed by atoms with Crippen molar-refractivity contribution >= 4 is 16.7 Å². The van der Waals surface area contributed by atoms with Crippen molar-refractivity contribution in [3.63, 3.8) is 0 Å². The largest absolute Gasteiger partial charge is 0.491 e. The zero-order chi connectivity index (χ0) is 21.6. The Kier molecular flexibility index (Phi) is 6.21. The molecule has 0 aliphatic heterocycles. The van der Waals surface area contributed by atoms with E-state index in [1.165, 1.54) is 12.3 Å². The fourth-order valence-corrected chi connectivity index (χ4v) is 3.22. The zero-order valence-corrected chi connectivity index (χ0v) is 16.6. The molecule has 4 rings (SSSR count). The van der Waals surface area contributed by atoms with E-state index < -0.39 is 11.6 Å². The number of nitrogens with zero attached hydrogens (tertiary/aromatic N) is 1. The summed E-state index contributed by atoms with van der Waals surface area (Å²) in [5.41, 5.74) is 0.121. The molecule has 5 nitrogen and oxygen atoms in total. The molecule has 7 heteroatoms. The van der Waals surface area contributed by atoms with Gasteiger partial charge in [-0.05, 0) is 23.6 Å². The number of rotatable bonds is 8. The number of amides is 1. The molecule has 0 fully saturated rings. The van der Waals surface area contributed by atoms with Gasteiger partial charge >= 0.3 is 0 Å². The number of fused-ring (bicyclic) bond motifs is 1. The van der Waals surface area contributed by atoms with Crippen LogP contribution < -0.4 is 10.1 Å². The molecule has 4 aromatic rings. The zero-order valence-electron chi connectivity index (χ0n) is 16.6. The third-order valence-electron chi connectivity index (χ3n) is 4.75. The third-order valence-corrected chi connectivity index (χ3v) is 4.75. The van der Waals surface area contributed by atoms with Gasteiger partial charge in [-0.25, -0.2) is 13.8 Å². The maximum Gasteiger partial charge on any atom is 0.220 e. The summed E-state index contributed by atoms with van der Waals surface area (Å²) in [6.07, 6.45) is 1.79. The summed E-state index contributed by atoms with van der Waals surface area (Å²) in [5.74, 6) is -0.298. The molecule has 0 radical (unpaired) electrons. The Hall–Kier alpha value is -3.74. The van der Waals surface area contributed by atoms with Crippen molar-refractivity contribution in [2.75, 3.05) is 13.2 Å². The first-order chi connectivity index (χ1) is 15.1. The van der Waals surface area contributed by atoms with Crippen LogP contribution >= 0.6 is 0 Å². The van der Waals surface area contributed by atoms with E-state index in [2.05, 4.69) is 10.3 Å². The lowest BCUT2D eigenvalue weighted by molar-refractivity contribution is -0.121. The van der Waals surface area contributed by atoms with Crippen LogP contribution in [0.3, 0.4) is 0 Å². The Balaban J connectivity index is 1.23. The van der Waals surface area contributed by atoms with E-state index in [-0.39, 0.29) is 30.1 Å². The van der Waals surface area contributed by atoms with Crippen LogP contribution in [-0.4, -0.2) is 24.0 Å². The van der Waals surface area contributed by atoms with Crippen molar-refractivity contribution in [3.05, 3.63) is 84.4 Å². The van der Waals surface area contributed by atoms with Gasteiger partial charge in [-0.3, -0.25) is 4.79 Å². The molecule has 0 bridgehead atoms. The van der Waals surface area contributed by atoms with Crippen molar-refractivity contribution in [1.82, 2.24) is 10.3 Å². The smallest absolute Gasteiger partial charge is 0.220 e. The Morgan fingerprint density at radius 1 is 1.06 bits per heavy atom. The minimum atomic E-state index is -0.730. The van der Waals surface area contributed by atoms with Crippen molar-refractivity contribution in [1.29, 1.82) is 0 Å². The van der Waals surface area contributed by atoms with Gasteiger partial charge in [0.25, 0.3) is 0 Å². The second-order valence-corrected chi connectivity index (χ2v) is 6.92. The normalized spacial score (nSPS) is 10.9. The monoisotopic (exact) mass is 422 g/mol. The molecule has 0 atom stereocenters. The standard InChI is InChI=1S/C24H20F2N2O3/c25-17-8-9-19(20(26)14-17)22-15-28-24(31-22)11-10-23(29)27-12-13-30-21-7-3-5-16-4-1-2-6-18(16)21/h1-9,14-15H,10-13H2,(H,27,29). The molecule has 1 N–H and O–H groups in total. The van der Waals surface area contributed by atoms with Crippen LogP contribution in [0, 0.1) is 11.6 Å². The van der Waals surface area contributed by atoms with Crippen LogP contribution in [-0.2, 0) is 11.2 Å². The van der Waals surface area contributed by atoms with Crippen LogP contribution in [0.1, 0.15) is 12.3 Å². The molecular formula is C24H20F2N2O3. The first-order valence-electron chi connectivity index (χ1n) is 9.87. The number of benzene rings is 3. The number of ether oxygens (including phenoxy) is 1. The van der Waals surface area contributed by atoms with E-state index in [1.54, 1.807) is 0 Å². The number of carbonyl (C=O) groups is 1. The van der Waals surface area contributed by atoms with E-state index >= 15 is 0 Å². The van der Waals surface area contributed by atoms with Crippen molar-refractivity contribution in [2.45, 2.75) is 12.8 Å². The average Bonchev–Trinajstić information content (AvgIpc) is 3.24. The fourth-order valence-electron chi connectivity index (χ4n) is 3.22. The third kappa shape index (κ3) is 5.06. The summed E-state index contributed by atoms with van der Waals surface area (Å²) in [7, 11) is 0. The highest BCUT2D eigenvalue weighted by Gasteiger charge is 2.13. The van der Waals surface area contributed by atoms with Gasteiger partial charge in [-0.2, -0.15) is 0 Å². The van der Waals surface area contributed by atoms with Gasteiger partial charge in [-0.1, -0.05) is 36.4 Å². The highest BCUT2D eigenvalue weighted by atomic mass is 19.1. The van der Waals surface area contributed by atoms with Crippen LogP contribution in [0.25, 0.3) is 22.1 Å². The quantitative estimate of drug-likeness (QED) is 0.410.